The number of anilines is 2. The third-order valence-corrected chi connectivity index (χ3v) is 5.04. The molecule has 2 N–H and O–H groups in total. The average molecular weight is 374 g/mol. The number of hydrogen-bond donors (Lipinski definition) is 2. The first kappa shape index (κ1) is 19.6. The first-order valence-corrected chi connectivity index (χ1v) is 9.71. The molecule has 3 atom stereocenters. The van der Waals surface area contributed by atoms with Crippen LogP contribution in [0.25, 0.3) is 0 Å². The molecule has 0 aromatic heterocycles. The predicted octanol–water partition coefficient (Wildman–Crippen LogP) is 2.29. The fourth-order valence-corrected chi connectivity index (χ4v) is 3.99. The van der Waals surface area contributed by atoms with Crippen molar-refractivity contribution >= 4 is 23.3 Å². The highest BCUT2D eigenvalue weighted by Crippen LogP contribution is 2.22. The maximum Gasteiger partial charge on any atom is 0.321 e. The van der Waals surface area contributed by atoms with Gasteiger partial charge in [0, 0.05) is 37.6 Å². The Kier molecular flexibility index (Phi) is 6.01. The van der Waals surface area contributed by atoms with E-state index in [0.717, 1.165) is 24.5 Å². The van der Waals surface area contributed by atoms with Gasteiger partial charge in [0.1, 0.15) is 0 Å². The van der Waals surface area contributed by atoms with E-state index in [1.54, 1.807) is 4.90 Å². The maximum absolute atomic E-state index is 13.0. The van der Waals surface area contributed by atoms with Crippen molar-refractivity contribution in [2.24, 2.45) is 5.92 Å². The molecule has 0 radical (unpaired) electrons. The number of ether oxygens (including phenoxy) is 1. The molecule has 0 unspecified atom stereocenters. The van der Waals surface area contributed by atoms with Crippen molar-refractivity contribution in [3.8, 4) is 0 Å². The molecule has 7 heteroatoms. The highest BCUT2D eigenvalue weighted by atomic mass is 16.5. The fraction of sp³-hybridized carbons (Fsp3) is 0.600. The molecule has 7 nitrogen and oxygen atoms in total. The fourth-order valence-electron chi connectivity index (χ4n) is 3.99. The summed E-state index contributed by atoms with van der Waals surface area (Å²) in [7, 11) is 0. The van der Waals surface area contributed by atoms with Gasteiger partial charge in [-0.05, 0) is 44.0 Å². The van der Waals surface area contributed by atoms with Crippen LogP contribution in [-0.4, -0.2) is 61.3 Å². The number of benzene rings is 1. The van der Waals surface area contributed by atoms with E-state index < -0.39 is 0 Å². The topological polar surface area (TPSA) is 73.9 Å². The van der Waals surface area contributed by atoms with Crippen molar-refractivity contribution in [3.63, 3.8) is 0 Å². The molecule has 0 spiro atoms. The summed E-state index contributed by atoms with van der Waals surface area (Å²) in [6, 6.07) is 7.14. The third-order valence-electron chi connectivity index (χ3n) is 5.04. The monoisotopic (exact) mass is 374 g/mol. The van der Waals surface area contributed by atoms with E-state index in [2.05, 4.69) is 29.4 Å². The van der Waals surface area contributed by atoms with E-state index >= 15 is 0 Å². The first-order valence-electron chi connectivity index (χ1n) is 9.71. The normalized spacial score (nSPS) is 24.8. The Morgan fingerprint density at radius 3 is 2.33 bits per heavy atom. The minimum absolute atomic E-state index is 0.00188. The van der Waals surface area contributed by atoms with Crippen LogP contribution in [0.5, 0.6) is 0 Å². The molecule has 2 heterocycles. The van der Waals surface area contributed by atoms with Gasteiger partial charge in [-0.15, -0.1) is 0 Å². The number of carbonyl (C=O) groups excluding carboxylic acids is 2. The van der Waals surface area contributed by atoms with Gasteiger partial charge in [0.05, 0.1) is 18.2 Å². The molecule has 2 fully saturated rings. The molecular formula is C20H30N4O3. The SMILES string of the molecule is CC(C)[C@@H](C(=O)Nc1ccc(N2CCNC2=O)cc1)N1C[C@@H](C)O[C@@H](C)C1. The highest BCUT2D eigenvalue weighted by Gasteiger charge is 2.34. The van der Waals surface area contributed by atoms with Gasteiger partial charge in [-0.2, -0.15) is 0 Å². The van der Waals surface area contributed by atoms with Crippen LogP contribution in [0, 0.1) is 5.92 Å². The van der Waals surface area contributed by atoms with Crippen molar-refractivity contribution in [3.05, 3.63) is 24.3 Å². The number of nitrogens with zero attached hydrogens (tertiary/aromatic N) is 2. The Morgan fingerprint density at radius 1 is 1.19 bits per heavy atom. The van der Waals surface area contributed by atoms with Crippen molar-refractivity contribution in [2.75, 3.05) is 36.4 Å². The lowest BCUT2D eigenvalue weighted by Crippen LogP contribution is -2.55. The van der Waals surface area contributed by atoms with Crippen molar-refractivity contribution < 1.29 is 14.3 Å². The molecule has 2 aliphatic heterocycles. The second kappa shape index (κ2) is 8.27. The standard InChI is InChI=1S/C20H30N4O3/c1-13(2)18(23-11-14(3)27-15(4)12-23)19(25)22-16-5-7-17(8-6-16)24-10-9-21-20(24)26/h5-8,13-15,18H,9-12H2,1-4H3,(H,21,26)(H,22,25)/t14-,15+,18-/m0/s1. The van der Waals surface area contributed by atoms with E-state index in [9.17, 15) is 9.59 Å². The van der Waals surface area contributed by atoms with Crippen LogP contribution in [0.4, 0.5) is 16.2 Å². The summed E-state index contributed by atoms with van der Waals surface area (Å²) < 4.78 is 5.80. The summed E-state index contributed by atoms with van der Waals surface area (Å²) in [6.07, 6.45) is 0.238. The molecule has 1 aromatic carbocycles. The summed E-state index contributed by atoms with van der Waals surface area (Å²) >= 11 is 0. The Morgan fingerprint density at radius 2 is 1.81 bits per heavy atom. The average Bonchev–Trinajstić information content (AvgIpc) is 3.00. The van der Waals surface area contributed by atoms with E-state index in [1.807, 2.05) is 38.1 Å². The van der Waals surface area contributed by atoms with E-state index in [0.29, 0.717) is 13.1 Å². The Hall–Kier alpha value is -2.12. The quantitative estimate of drug-likeness (QED) is 0.829. The number of carbonyl (C=O) groups is 2. The molecule has 27 heavy (non-hydrogen) atoms. The van der Waals surface area contributed by atoms with Crippen LogP contribution in [0.15, 0.2) is 24.3 Å². The minimum Gasteiger partial charge on any atom is -0.373 e. The third kappa shape index (κ3) is 4.59. The molecule has 148 valence electrons. The lowest BCUT2D eigenvalue weighted by Gasteiger charge is -2.41. The second-order valence-corrected chi connectivity index (χ2v) is 7.82. The zero-order chi connectivity index (χ0) is 19.6. The number of nitrogens with one attached hydrogen (secondary N) is 2. The van der Waals surface area contributed by atoms with Gasteiger partial charge < -0.3 is 15.4 Å². The van der Waals surface area contributed by atoms with Gasteiger partial charge in [-0.1, -0.05) is 13.8 Å². The number of hydrogen-bond acceptors (Lipinski definition) is 4. The van der Waals surface area contributed by atoms with Gasteiger partial charge >= 0.3 is 6.03 Å². The van der Waals surface area contributed by atoms with Crippen molar-refractivity contribution in [2.45, 2.75) is 45.9 Å². The lowest BCUT2D eigenvalue weighted by atomic mass is 9.99. The van der Waals surface area contributed by atoms with Crippen LogP contribution in [0.1, 0.15) is 27.7 Å². The smallest absolute Gasteiger partial charge is 0.321 e. The van der Waals surface area contributed by atoms with Crippen LogP contribution < -0.4 is 15.5 Å². The molecular weight excluding hydrogens is 344 g/mol. The molecule has 3 amide bonds. The zero-order valence-corrected chi connectivity index (χ0v) is 16.6. The number of morpholine rings is 1. The van der Waals surface area contributed by atoms with E-state index in [4.69, 9.17) is 4.74 Å². The largest absolute Gasteiger partial charge is 0.373 e. The molecule has 1 aromatic rings. The summed E-state index contributed by atoms with van der Waals surface area (Å²) in [6.45, 7) is 11.1. The molecule has 0 saturated carbocycles. The minimum atomic E-state index is -0.206. The van der Waals surface area contributed by atoms with Gasteiger partial charge in [0.2, 0.25) is 5.91 Å². The maximum atomic E-state index is 13.0. The molecule has 2 aliphatic rings. The van der Waals surface area contributed by atoms with E-state index in [-0.39, 0.29) is 36.1 Å². The number of amides is 3. The van der Waals surface area contributed by atoms with Crippen LogP contribution in [0.3, 0.4) is 0 Å². The second-order valence-electron chi connectivity index (χ2n) is 7.82. The van der Waals surface area contributed by atoms with Crippen LogP contribution in [0.2, 0.25) is 0 Å². The summed E-state index contributed by atoms with van der Waals surface area (Å²) in [5.41, 5.74) is 1.57. The Labute approximate surface area is 161 Å². The number of urea groups is 1. The molecule has 0 aliphatic carbocycles. The van der Waals surface area contributed by atoms with Gasteiger partial charge in [0.25, 0.3) is 0 Å². The lowest BCUT2D eigenvalue weighted by molar-refractivity contribution is -0.130. The van der Waals surface area contributed by atoms with Gasteiger partial charge in [-0.3, -0.25) is 14.6 Å². The highest BCUT2D eigenvalue weighted by molar-refractivity contribution is 5.96. The Balaban J connectivity index is 1.67. The predicted molar refractivity (Wildman–Crippen MR) is 106 cm³/mol. The molecule has 0 bridgehead atoms. The van der Waals surface area contributed by atoms with Gasteiger partial charge in [-0.25, -0.2) is 4.79 Å². The van der Waals surface area contributed by atoms with Crippen molar-refractivity contribution in [1.82, 2.24) is 10.2 Å². The van der Waals surface area contributed by atoms with Crippen molar-refractivity contribution in [1.29, 1.82) is 0 Å². The Bertz CT molecular complexity index is 666. The first-order chi connectivity index (χ1) is 12.8. The van der Waals surface area contributed by atoms with Crippen LogP contribution in [-0.2, 0) is 9.53 Å². The summed E-state index contributed by atoms with van der Waals surface area (Å²) in [4.78, 5) is 28.7. The van der Waals surface area contributed by atoms with E-state index in [1.165, 1.54) is 0 Å². The number of rotatable bonds is 5. The van der Waals surface area contributed by atoms with Gasteiger partial charge in [0.15, 0.2) is 0 Å². The molecule has 2 saturated heterocycles. The summed E-state index contributed by atoms with van der Waals surface area (Å²) in [5.74, 6) is 0.188. The van der Waals surface area contributed by atoms with Crippen LogP contribution >= 0.6 is 0 Å². The zero-order valence-electron chi connectivity index (χ0n) is 16.6. The summed E-state index contributed by atoms with van der Waals surface area (Å²) in [5, 5.41) is 5.83. The molecule has 3 rings (SSSR count).